The molecule has 0 unspecified atom stereocenters. The zero-order valence-electron chi connectivity index (χ0n) is 12.6. The molecule has 0 saturated heterocycles. The minimum absolute atomic E-state index is 0.0181. The fraction of sp³-hybridized carbons (Fsp3) is 0.235. The van der Waals surface area contributed by atoms with Crippen LogP contribution in [0.5, 0.6) is 0 Å². The molecule has 6 heteroatoms. The number of nitro benzene ring substituents is 1. The van der Waals surface area contributed by atoms with E-state index in [1.807, 2.05) is 18.2 Å². The molecule has 1 aliphatic heterocycles. The van der Waals surface area contributed by atoms with Crippen LogP contribution < -0.4 is 5.32 Å². The summed E-state index contributed by atoms with van der Waals surface area (Å²) in [6.07, 6.45) is 0.874. The number of amides is 1. The number of benzene rings is 2. The van der Waals surface area contributed by atoms with Gasteiger partial charge >= 0.3 is 0 Å². The van der Waals surface area contributed by atoms with Gasteiger partial charge in [-0.15, -0.1) is 11.8 Å². The molecule has 5 nitrogen and oxygen atoms in total. The minimum atomic E-state index is -0.439. The first-order valence-electron chi connectivity index (χ1n) is 7.34. The number of rotatable bonds is 3. The summed E-state index contributed by atoms with van der Waals surface area (Å²) in [4.78, 5) is 24.1. The van der Waals surface area contributed by atoms with Crippen molar-refractivity contribution in [3.8, 4) is 0 Å². The van der Waals surface area contributed by atoms with Gasteiger partial charge in [0.2, 0.25) is 0 Å². The second-order valence-electron chi connectivity index (χ2n) is 5.46. The van der Waals surface area contributed by atoms with E-state index in [0.717, 1.165) is 17.7 Å². The summed E-state index contributed by atoms with van der Waals surface area (Å²) in [6.45, 7) is 1.64. The van der Waals surface area contributed by atoms with E-state index in [1.165, 1.54) is 17.0 Å². The quantitative estimate of drug-likeness (QED) is 0.686. The second-order valence-corrected chi connectivity index (χ2v) is 6.60. The number of thioether (sulfide) groups is 1. The van der Waals surface area contributed by atoms with Crippen molar-refractivity contribution in [2.24, 2.45) is 0 Å². The molecule has 1 atom stereocenters. The van der Waals surface area contributed by atoms with Crippen LogP contribution in [0.25, 0.3) is 0 Å². The van der Waals surface area contributed by atoms with Gasteiger partial charge in [0.25, 0.3) is 11.6 Å². The number of nitrogens with zero attached hydrogens (tertiary/aromatic N) is 1. The Morgan fingerprint density at radius 3 is 2.83 bits per heavy atom. The van der Waals surface area contributed by atoms with Crippen molar-refractivity contribution in [1.29, 1.82) is 0 Å². The Kier molecular flexibility index (Phi) is 4.34. The molecule has 118 valence electrons. The third kappa shape index (κ3) is 3.22. The van der Waals surface area contributed by atoms with Gasteiger partial charge < -0.3 is 5.32 Å². The van der Waals surface area contributed by atoms with Crippen molar-refractivity contribution in [1.82, 2.24) is 5.32 Å². The summed E-state index contributed by atoms with van der Waals surface area (Å²) in [5, 5.41) is 13.9. The van der Waals surface area contributed by atoms with Gasteiger partial charge in [0, 0.05) is 27.8 Å². The maximum atomic E-state index is 12.5. The average molecular weight is 328 g/mol. The molecule has 1 amide bonds. The van der Waals surface area contributed by atoms with Crippen molar-refractivity contribution in [3.05, 3.63) is 69.3 Å². The molecule has 1 heterocycles. The highest BCUT2D eigenvalue weighted by atomic mass is 32.2. The van der Waals surface area contributed by atoms with Gasteiger partial charge in [-0.3, -0.25) is 14.9 Å². The number of carbonyl (C=O) groups excluding carboxylic acids is 1. The molecule has 0 spiro atoms. The van der Waals surface area contributed by atoms with Gasteiger partial charge in [-0.25, -0.2) is 0 Å². The zero-order chi connectivity index (χ0) is 16.4. The fourth-order valence-electron chi connectivity index (χ4n) is 2.74. The van der Waals surface area contributed by atoms with E-state index >= 15 is 0 Å². The highest BCUT2D eigenvalue weighted by molar-refractivity contribution is 7.99. The molecular formula is C17H16N2O3S. The Morgan fingerprint density at radius 1 is 1.30 bits per heavy atom. The van der Waals surface area contributed by atoms with Crippen molar-refractivity contribution < 1.29 is 9.72 Å². The zero-order valence-corrected chi connectivity index (χ0v) is 13.4. The van der Waals surface area contributed by atoms with Crippen LogP contribution in [0.15, 0.2) is 47.4 Å². The molecule has 1 aliphatic rings. The second kappa shape index (κ2) is 6.42. The molecule has 3 rings (SSSR count). The fourth-order valence-corrected chi connectivity index (χ4v) is 3.86. The Labute approximate surface area is 138 Å². The van der Waals surface area contributed by atoms with E-state index < -0.39 is 4.92 Å². The van der Waals surface area contributed by atoms with Gasteiger partial charge in [0.15, 0.2) is 0 Å². The van der Waals surface area contributed by atoms with E-state index in [0.29, 0.717) is 11.1 Å². The predicted octanol–water partition coefficient (Wildman–Crippen LogP) is 3.87. The van der Waals surface area contributed by atoms with E-state index in [1.54, 1.807) is 24.8 Å². The van der Waals surface area contributed by atoms with Gasteiger partial charge in [-0.05, 0) is 37.1 Å². The van der Waals surface area contributed by atoms with E-state index in [4.69, 9.17) is 0 Å². The highest BCUT2D eigenvalue weighted by Crippen LogP contribution is 2.36. The largest absolute Gasteiger partial charge is 0.345 e. The Balaban J connectivity index is 1.80. The van der Waals surface area contributed by atoms with E-state index in [9.17, 15) is 14.9 Å². The number of hydrogen-bond donors (Lipinski definition) is 1. The standard InChI is InChI=1S/C17H16N2O3S/c1-11-10-12(6-7-15(11)19(21)22)17(20)18-14-8-9-23-16-5-3-2-4-13(14)16/h2-7,10,14H,8-9H2,1H3,(H,18,20)/t14-/m1/s1. The summed E-state index contributed by atoms with van der Waals surface area (Å²) in [6, 6.07) is 12.5. The molecule has 23 heavy (non-hydrogen) atoms. The van der Waals surface area contributed by atoms with Gasteiger partial charge in [-0.2, -0.15) is 0 Å². The summed E-state index contributed by atoms with van der Waals surface area (Å²) >= 11 is 1.80. The third-order valence-electron chi connectivity index (χ3n) is 3.92. The van der Waals surface area contributed by atoms with Crippen LogP contribution in [-0.4, -0.2) is 16.6 Å². The summed E-state index contributed by atoms with van der Waals surface area (Å²) < 4.78 is 0. The van der Waals surface area contributed by atoms with Crippen LogP contribution >= 0.6 is 11.8 Å². The number of nitro groups is 1. The van der Waals surface area contributed by atoms with Crippen LogP contribution in [-0.2, 0) is 0 Å². The maximum Gasteiger partial charge on any atom is 0.272 e. The molecule has 0 saturated carbocycles. The SMILES string of the molecule is Cc1cc(C(=O)N[C@@H]2CCSc3ccccc32)ccc1[N+](=O)[O-]. The highest BCUT2D eigenvalue weighted by Gasteiger charge is 2.23. The minimum Gasteiger partial charge on any atom is -0.345 e. The van der Waals surface area contributed by atoms with Crippen molar-refractivity contribution >= 4 is 23.4 Å². The molecule has 0 fully saturated rings. The average Bonchev–Trinajstić information content (AvgIpc) is 2.54. The Morgan fingerprint density at radius 2 is 2.09 bits per heavy atom. The summed E-state index contributed by atoms with van der Waals surface area (Å²) in [5.74, 6) is 0.760. The molecule has 0 aromatic heterocycles. The summed E-state index contributed by atoms with van der Waals surface area (Å²) in [5.41, 5.74) is 2.10. The number of carbonyl (C=O) groups is 1. The monoisotopic (exact) mass is 328 g/mol. The molecule has 2 aromatic rings. The first kappa shape index (κ1) is 15.6. The van der Waals surface area contributed by atoms with Crippen LogP contribution in [0.3, 0.4) is 0 Å². The molecule has 0 aliphatic carbocycles. The van der Waals surface area contributed by atoms with E-state index in [-0.39, 0.29) is 17.6 Å². The molecule has 0 bridgehead atoms. The summed E-state index contributed by atoms with van der Waals surface area (Å²) in [7, 11) is 0. The van der Waals surface area contributed by atoms with Crippen molar-refractivity contribution in [3.63, 3.8) is 0 Å². The molecule has 2 aromatic carbocycles. The number of nitrogens with one attached hydrogen (secondary N) is 1. The molecule has 0 radical (unpaired) electrons. The molecular weight excluding hydrogens is 312 g/mol. The maximum absolute atomic E-state index is 12.5. The first-order valence-corrected chi connectivity index (χ1v) is 8.32. The number of hydrogen-bond acceptors (Lipinski definition) is 4. The third-order valence-corrected chi connectivity index (χ3v) is 5.04. The normalized spacial score (nSPS) is 16.5. The number of aryl methyl sites for hydroxylation is 1. The Hall–Kier alpha value is -2.34. The predicted molar refractivity (Wildman–Crippen MR) is 89.8 cm³/mol. The first-order chi connectivity index (χ1) is 11.1. The van der Waals surface area contributed by atoms with Crippen LogP contribution in [0.1, 0.15) is 33.9 Å². The van der Waals surface area contributed by atoms with Gasteiger partial charge in [0.05, 0.1) is 11.0 Å². The van der Waals surface area contributed by atoms with Crippen LogP contribution in [0, 0.1) is 17.0 Å². The van der Waals surface area contributed by atoms with Crippen molar-refractivity contribution in [2.45, 2.75) is 24.3 Å². The lowest BCUT2D eigenvalue weighted by Crippen LogP contribution is -2.30. The topological polar surface area (TPSA) is 72.2 Å². The lowest BCUT2D eigenvalue weighted by molar-refractivity contribution is -0.385. The van der Waals surface area contributed by atoms with Gasteiger partial charge in [0.1, 0.15) is 0 Å². The molecule has 1 N–H and O–H groups in total. The van der Waals surface area contributed by atoms with E-state index in [2.05, 4.69) is 11.4 Å². The van der Waals surface area contributed by atoms with Crippen LogP contribution in [0.4, 0.5) is 5.69 Å². The Bertz CT molecular complexity index is 776. The van der Waals surface area contributed by atoms with Crippen molar-refractivity contribution in [2.75, 3.05) is 5.75 Å². The van der Waals surface area contributed by atoms with Crippen LogP contribution in [0.2, 0.25) is 0 Å². The lowest BCUT2D eigenvalue weighted by atomic mass is 10.0. The lowest BCUT2D eigenvalue weighted by Gasteiger charge is -2.25. The number of fused-ring (bicyclic) bond motifs is 1. The smallest absolute Gasteiger partial charge is 0.272 e. The van der Waals surface area contributed by atoms with Gasteiger partial charge in [-0.1, -0.05) is 18.2 Å².